The van der Waals surface area contributed by atoms with Crippen LogP contribution in [-0.2, 0) is 5.54 Å². The van der Waals surface area contributed by atoms with Gasteiger partial charge in [-0.3, -0.25) is 9.78 Å². The first-order valence-electron chi connectivity index (χ1n) is 8.74. The van der Waals surface area contributed by atoms with E-state index in [1.54, 1.807) is 18.3 Å². The molecule has 0 radical (unpaired) electrons. The number of hydrogen-bond donors (Lipinski definition) is 2. The van der Waals surface area contributed by atoms with Gasteiger partial charge in [0.1, 0.15) is 11.6 Å². The lowest BCUT2D eigenvalue weighted by molar-refractivity contribution is 0.100. The summed E-state index contributed by atoms with van der Waals surface area (Å²) in [6, 6.07) is 13.1. The van der Waals surface area contributed by atoms with Gasteiger partial charge in [-0.05, 0) is 55.3 Å². The van der Waals surface area contributed by atoms with E-state index in [4.69, 9.17) is 5.73 Å². The number of anilines is 1. The van der Waals surface area contributed by atoms with Crippen LogP contribution in [0.3, 0.4) is 0 Å². The second-order valence-corrected chi connectivity index (χ2v) is 8.09. The topological polar surface area (TPSA) is 93.8 Å². The highest BCUT2D eigenvalue weighted by Gasteiger charge is 2.46. The van der Waals surface area contributed by atoms with E-state index < -0.39 is 11.7 Å². The summed E-state index contributed by atoms with van der Waals surface area (Å²) in [6.07, 6.45) is 3.50. The van der Waals surface area contributed by atoms with E-state index in [-0.39, 0.29) is 16.7 Å². The molecule has 1 aromatic carbocycles. The Labute approximate surface area is 169 Å². The van der Waals surface area contributed by atoms with Crippen molar-refractivity contribution in [3.63, 3.8) is 0 Å². The molecule has 2 aromatic heterocycles. The maximum atomic E-state index is 14.2. The third-order valence-corrected chi connectivity index (χ3v) is 5.50. The number of alkyl halides is 1. The molecule has 1 amide bonds. The molecule has 1 fully saturated rings. The molecule has 0 unspecified atom stereocenters. The van der Waals surface area contributed by atoms with Crippen LogP contribution in [0.15, 0.2) is 54.7 Å². The second-order valence-electron chi connectivity index (χ2n) is 6.79. The number of amides is 1. The molecule has 0 aliphatic heterocycles. The Bertz CT molecular complexity index is 1010. The van der Waals surface area contributed by atoms with Crippen molar-refractivity contribution in [2.45, 2.75) is 23.2 Å². The molecular formula is C20H17BrFN5O. The van der Waals surface area contributed by atoms with Crippen molar-refractivity contribution in [1.29, 1.82) is 0 Å². The highest BCUT2D eigenvalue weighted by Crippen LogP contribution is 2.46. The summed E-state index contributed by atoms with van der Waals surface area (Å²) in [6.45, 7) is 0. The largest absolute Gasteiger partial charge is 0.366 e. The summed E-state index contributed by atoms with van der Waals surface area (Å²) < 4.78 is 14.2. The standard InChI is InChI=1S/C20H17BrFN5O/c21-13-10-20(11-13,17-3-1-2-8-24-17)25-18-7-6-16(26-27-18)14-9-12(19(23)28)4-5-15(14)22/h1-9,13H,10-11H2,(H2,23,28)(H,25,27). The Kier molecular flexibility index (Phi) is 4.80. The lowest BCUT2D eigenvalue weighted by Gasteiger charge is -2.45. The van der Waals surface area contributed by atoms with Gasteiger partial charge in [0.05, 0.1) is 16.9 Å². The van der Waals surface area contributed by atoms with E-state index in [2.05, 4.69) is 36.4 Å². The van der Waals surface area contributed by atoms with Gasteiger partial charge < -0.3 is 11.1 Å². The first-order chi connectivity index (χ1) is 13.5. The lowest BCUT2D eigenvalue weighted by Crippen LogP contribution is -2.49. The molecular weight excluding hydrogens is 425 g/mol. The number of primary amides is 1. The Morgan fingerprint density at radius 3 is 2.61 bits per heavy atom. The van der Waals surface area contributed by atoms with E-state index >= 15 is 0 Å². The Morgan fingerprint density at radius 1 is 1.18 bits per heavy atom. The van der Waals surface area contributed by atoms with Crippen LogP contribution in [0.5, 0.6) is 0 Å². The smallest absolute Gasteiger partial charge is 0.248 e. The average Bonchev–Trinajstić information content (AvgIpc) is 2.68. The van der Waals surface area contributed by atoms with Crippen molar-refractivity contribution in [1.82, 2.24) is 15.2 Å². The van der Waals surface area contributed by atoms with Crippen LogP contribution in [-0.4, -0.2) is 25.9 Å². The molecule has 28 heavy (non-hydrogen) atoms. The predicted molar refractivity (Wildman–Crippen MR) is 107 cm³/mol. The average molecular weight is 442 g/mol. The fraction of sp³-hybridized carbons (Fsp3) is 0.200. The molecule has 1 aliphatic rings. The fourth-order valence-electron chi connectivity index (χ4n) is 3.38. The summed E-state index contributed by atoms with van der Waals surface area (Å²) in [5.74, 6) is -0.550. The predicted octanol–water partition coefficient (Wildman–Crippen LogP) is 3.64. The van der Waals surface area contributed by atoms with Crippen LogP contribution < -0.4 is 11.1 Å². The normalized spacial score (nSPS) is 21.0. The summed E-state index contributed by atoms with van der Waals surface area (Å²) >= 11 is 3.63. The molecule has 6 nitrogen and oxygen atoms in total. The molecule has 1 aliphatic carbocycles. The van der Waals surface area contributed by atoms with E-state index in [0.717, 1.165) is 18.5 Å². The summed E-state index contributed by atoms with van der Waals surface area (Å²) in [5.41, 5.74) is 6.62. The molecule has 8 heteroatoms. The number of pyridine rings is 1. The van der Waals surface area contributed by atoms with Crippen LogP contribution >= 0.6 is 15.9 Å². The molecule has 3 N–H and O–H groups in total. The molecule has 4 rings (SSSR count). The van der Waals surface area contributed by atoms with Gasteiger partial charge in [-0.15, -0.1) is 10.2 Å². The zero-order valence-corrected chi connectivity index (χ0v) is 16.4. The summed E-state index contributed by atoms with van der Waals surface area (Å²) in [4.78, 5) is 16.2. The number of carbonyl (C=O) groups is 1. The zero-order chi connectivity index (χ0) is 19.7. The second kappa shape index (κ2) is 7.27. The fourth-order valence-corrected chi connectivity index (χ4v) is 4.49. The Morgan fingerprint density at radius 2 is 2.00 bits per heavy atom. The summed E-state index contributed by atoms with van der Waals surface area (Å²) in [7, 11) is 0. The van der Waals surface area contributed by atoms with Gasteiger partial charge in [0.15, 0.2) is 0 Å². The number of rotatable bonds is 5. The Balaban J connectivity index is 1.60. The molecule has 0 bridgehead atoms. The van der Waals surface area contributed by atoms with Gasteiger partial charge in [-0.2, -0.15) is 0 Å². The van der Waals surface area contributed by atoms with Crippen LogP contribution in [0.25, 0.3) is 11.3 Å². The van der Waals surface area contributed by atoms with E-state index in [0.29, 0.717) is 16.3 Å². The van der Waals surface area contributed by atoms with Crippen molar-refractivity contribution in [3.8, 4) is 11.3 Å². The minimum absolute atomic E-state index is 0.180. The van der Waals surface area contributed by atoms with Crippen molar-refractivity contribution in [3.05, 3.63) is 71.8 Å². The Hall–Kier alpha value is -2.87. The molecule has 2 heterocycles. The lowest BCUT2D eigenvalue weighted by atomic mass is 9.74. The quantitative estimate of drug-likeness (QED) is 0.589. The van der Waals surface area contributed by atoms with Crippen LogP contribution in [0, 0.1) is 5.82 Å². The van der Waals surface area contributed by atoms with E-state index in [9.17, 15) is 9.18 Å². The zero-order valence-electron chi connectivity index (χ0n) is 14.8. The third-order valence-electron chi connectivity index (χ3n) is 4.85. The SMILES string of the molecule is NC(=O)c1ccc(F)c(-c2ccc(NC3(c4ccccn4)CC(Br)C3)nn2)c1. The maximum absolute atomic E-state index is 14.2. The van der Waals surface area contributed by atoms with E-state index in [1.165, 1.54) is 18.2 Å². The highest BCUT2D eigenvalue weighted by atomic mass is 79.9. The highest BCUT2D eigenvalue weighted by molar-refractivity contribution is 9.09. The monoisotopic (exact) mass is 441 g/mol. The summed E-state index contributed by atoms with van der Waals surface area (Å²) in [5, 5.41) is 11.8. The number of halogens is 2. The number of hydrogen-bond acceptors (Lipinski definition) is 5. The number of benzene rings is 1. The van der Waals surface area contributed by atoms with E-state index in [1.807, 2.05) is 18.2 Å². The molecule has 3 aromatic rings. The molecule has 1 saturated carbocycles. The van der Waals surface area contributed by atoms with Crippen molar-refractivity contribution >= 4 is 27.7 Å². The van der Waals surface area contributed by atoms with Gasteiger partial charge in [0.2, 0.25) is 5.91 Å². The van der Waals surface area contributed by atoms with Gasteiger partial charge >= 0.3 is 0 Å². The van der Waals surface area contributed by atoms with Crippen LogP contribution in [0.2, 0.25) is 0 Å². The van der Waals surface area contributed by atoms with Gasteiger partial charge in [-0.1, -0.05) is 22.0 Å². The molecule has 0 saturated heterocycles. The van der Waals surface area contributed by atoms with Gasteiger partial charge in [-0.25, -0.2) is 4.39 Å². The number of nitrogens with one attached hydrogen (secondary N) is 1. The van der Waals surface area contributed by atoms with Crippen LogP contribution in [0.1, 0.15) is 28.9 Å². The van der Waals surface area contributed by atoms with Crippen molar-refractivity contribution in [2.24, 2.45) is 5.73 Å². The van der Waals surface area contributed by atoms with Crippen molar-refractivity contribution in [2.75, 3.05) is 5.32 Å². The number of nitrogens with two attached hydrogens (primary N) is 1. The molecule has 0 atom stereocenters. The number of carbonyl (C=O) groups excluding carboxylic acids is 1. The minimum atomic E-state index is -0.626. The minimum Gasteiger partial charge on any atom is -0.366 e. The van der Waals surface area contributed by atoms with Gasteiger partial charge in [0.25, 0.3) is 0 Å². The first-order valence-corrected chi connectivity index (χ1v) is 9.66. The van der Waals surface area contributed by atoms with Gasteiger partial charge in [0, 0.05) is 22.2 Å². The number of nitrogens with zero attached hydrogens (tertiary/aromatic N) is 3. The van der Waals surface area contributed by atoms with Crippen molar-refractivity contribution < 1.29 is 9.18 Å². The molecule has 0 spiro atoms. The third kappa shape index (κ3) is 3.47. The van der Waals surface area contributed by atoms with Crippen LogP contribution in [0.4, 0.5) is 10.2 Å². The molecule has 142 valence electrons. The first kappa shape index (κ1) is 18.5. The number of aromatic nitrogens is 3. The maximum Gasteiger partial charge on any atom is 0.248 e.